The van der Waals surface area contributed by atoms with Gasteiger partial charge in [-0.15, -0.1) is 0 Å². The topological polar surface area (TPSA) is 68.5 Å². The van der Waals surface area contributed by atoms with Gasteiger partial charge in [0.2, 0.25) is 0 Å². The molecule has 1 atom stereocenters. The van der Waals surface area contributed by atoms with Crippen LogP contribution in [0.4, 0.5) is 0 Å². The predicted octanol–water partition coefficient (Wildman–Crippen LogP) is -0.246. The summed E-state index contributed by atoms with van der Waals surface area (Å²) in [5.41, 5.74) is 1.46. The summed E-state index contributed by atoms with van der Waals surface area (Å²) in [6.45, 7) is 2.19. The van der Waals surface area contributed by atoms with E-state index in [4.69, 9.17) is 9.47 Å². The second-order valence-corrected chi connectivity index (χ2v) is 6.84. The number of aryl methyl sites for hydroxylation is 1. The maximum absolute atomic E-state index is 12.5. The number of carbonyl (C=O) groups is 2. The minimum atomic E-state index is -0.420. The van der Waals surface area contributed by atoms with Gasteiger partial charge in [0.05, 0.1) is 19.6 Å². The molecular weight excluding hydrogens is 495 g/mol. The van der Waals surface area contributed by atoms with Crippen LogP contribution < -0.4 is 38.6 Å². The lowest BCUT2D eigenvalue weighted by Gasteiger charge is -2.15. The number of aromatic nitrogens is 1. The number of fused-ring (bicyclic) bond motifs is 1. The smallest absolute Gasteiger partial charge is 0.313 e. The third-order valence-corrected chi connectivity index (χ3v) is 4.78. The first-order chi connectivity index (χ1) is 14.0. The number of methoxy groups -OCH3 is 1. The molecular formula is C23H25IN2O4. The van der Waals surface area contributed by atoms with Crippen LogP contribution in [0, 0.1) is 0 Å². The largest absolute Gasteiger partial charge is 1.00 e. The summed E-state index contributed by atoms with van der Waals surface area (Å²) in [6, 6.07) is 15.1. The highest BCUT2D eigenvalue weighted by Crippen LogP contribution is 2.29. The Labute approximate surface area is 193 Å². The van der Waals surface area contributed by atoms with Crippen molar-refractivity contribution in [3.05, 3.63) is 72.1 Å². The zero-order chi connectivity index (χ0) is 20.8. The molecule has 0 spiro atoms. The van der Waals surface area contributed by atoms with Crippen molar-refractivity contribution in [3.63, 3.8) is 0 Å². The molecule has 3 rings (SSSR count). The number of hydrogen-bond acceptors (Lipinski definition) is 4. The Kier molecular flexibility index (Phi) is 8.58. The van der Waals surface area contributed by atoms with Gasteiger partial charge in [-0.25, -0.2) is 4.57 Å². The maximum atomic E-state index is 12.5. The number of nitrogens with one attached hydrogen (secondary N) is 1. The van der Waals surface area contributed by atoms with Crippen LogP contribution in [0.3, 0.4) is 0 Å². The van der Waals surface area contributed by atoms with Crippen molar-refractivity contribution in [2.75, 3.05) is 20.3 Å². The van der Waals surface area contributed by atoms with Gasteiger partial charge in [0, 0.05) is 6.07 Å². The molecule has 7 heteroatoms. The summed E-state index contributed by atoms with van der Waals surface area (Å²) in [5.74, 6) is -0.175. The number of benzene rings is 2. The van der Waals surface area contributed by atoms with Crippen molar-refractivity contribution in [2.24, 2.45) is 7.05 Å². The fraction of sp³-hybridized carbons (Fsp3) is 0.261. The Morgan fingerprint density at radius 2 is 1.93 bits per heavy atom. The molecule has 0 saturated carbocycles. The molecule has 158 valence electrons. The van der Waals surface area contributed by atoms with Gasteiger partial charge in [-0.05, 0) is 41.5 Å². The maximum Gasteiger partial charge on any atom is 0.313 e. The van der Waals surface area contributed by atoms with E-state index in [-0.39, 0.29) is 49.0 Å². The van der Waals surface area contributed by atoms with E-state index >= 15 is 0 Å². The Hall–Kier alpha value is -2.68. The van der Waals surface area contributed by atoms with E-state index in [0.717, 1.165) is 22.1 Å². The van der Waals surface area contributed by atoms with Crippen LogP contribution in [0.15, 0.2) is 60.9 Å². The lowest BCUT2D eigenvalue weighted by atomic mass is 9.95. The number of rotatable bonds is 7. The third-order valence-electron chi connectivity index (χ3n) is 4.78. The highest BCUT2D eigenvalue weighted by Gasteiger charge is 2.19. The van der Waals surface area contributed by atoms with Crippen molar-refractivity contribution < 1.29 is 47.6 Å². The normalized spacial score (nSPS) is 11.3. The molecule has 3 aromatic rings. The molecule has 0 saturated heterocycles. The van der Waals surface area contributed by atoms with Crippen molar-refractivity contribution in [3.8, 4) is 5.75 Å². The zero-order valence-electron chi connectivity index (χ0n) is 17.2. The van der Waals surface area contributed by atoms with Gasteiger partial charge in [0.1, 0.15) is 25.0 Å². The standard InChI is InChI=1S/C23H24N2O4.HI/c1-16(20-8-4-6-17-14-19(28-3)9-10-21(17)20)23(27)29-13-11-24-22(26)18-7-5-12-25(2)15-18;/h4-10,12,14-16H,11,13H2,1-3H3;1H. The van der Waals surface area contributed by atoms with E-state index in [2.05, 4.69) is 5.32 Å². The quantitative estimate of drug-likeness (QED) is 0.202. The third kappa shape index (κ3) is 5.69. The van der Waals surface area contributed by atoms with Crippen molar-refractivity contribution in [1.29, 1.82) is 0 Å². The fourth-order valence-corrected chi connectivity index (χ4v) is 3.18. The van der Waals surface area contributed by atoms with Crippen LogP contribution in [0.2, 0.25) is 0 Å². The van der Waals surface area contributed by atoms with Crippen LogP contribution in [-0.2, 0) is 16.6 Å². The molecule has 2 aromatic carbocycles. The molecule has 30 heavy (non-hydrogen) atoms. The summed E-state index contributed by atoms with van der Waals surface area (Å²) in [7, 11) is 3.48. The van der Waals surface area contributed by atoms with Crippen molar-refractivity contribution in [1.82, 2.24) is 5.32 Å². The zero-order valence-corrected chi connectivity index (χ0v) is 19.4. The fourth-order valence-electron chi connectivity index (χ4n) is 3.18. The summed E-state index contributed by atoms with van der Waals surface area (Å²) in [4.78, 5) is 24.6. The summed E-state index contributed by atoms with van der Waals surface area (Å²) < 4.78 is 12.4. The van der Waals surface area contributed by atoms with Gasteiger partial charge < -0.3 is 38.8 Å². The van der Waals surface area contributed by atoms with Crippen molar-refractivity contribution in [2.45, 2.75) is 12.8 Å². The van der Waals surface area contributed by atoms with E-state index in [1.54, 1.807) is 30.0 Å². The molecule has 0 bridgehead atoms. The van der Waals surface area contributed by atoms with E-state index < -0.39 is 5.92 Å². The average Bonchev–Trinajstić information content (AvgIpc) is 2.75. The summed E-state index contributed by atoms with van der Waals surface area (Å²) >= 11 is 0. The van der Waals surface area contributed by atoms with Crippen LogP contribution in [0.1, 0.15) is 28.8 Å². The highest BCUT2D eigenvalue weighted by molar-refractivity contribution is 5.93. The minimum absolute atomic E-state index is 0. The Morgan fingerprint density at radius 1 is 1.13 bits per heavy atom. The van der Waals surface area contributed by atoms with Gasteiger partial charge in [-0.2, -0.15) is 0 Å². The van der Waals surface area contributed by atoms with Gasteiger partial charge in [0.25, 0.3) is 5.91 Å². The lowest BCUT2D eigenvalue weighted by Crippen LogP contribution is -3.00. The number of nitrogens with zero attached hydrogens (tertiary/aromatic N) is 1. The number of halogens is 1. The number of ether oxygens (including phenoxy) is 2. The van der Waals surface area contributed by atoms with E-state index in [9.17, 15) is 9.59 Å². The summed E-state index contributed by atoms with van der Waals surface area (Å²) in [6.07, 6.45) is 3.59. The predicted molar refractivity (Wildman–Crippen MR) is 110 cm³/mol. The minimum Gasteiger partial charge on any atom is -1.00 e. The van der Waals surface area contributed by atoms with Gasteiger partial charge in [0.15, 0.2) is 12.4 Å². The number of pyridine rings is 1. The molecule has 1 aromatic heterocycles. The number of esters is 1. The molecule has 0 fully saturated rings. The van der Waals surface area contributed by atoms with E-state index in [1.165, 1.54) is 0 Å². The molecule has 0 aliphatic carbocycles. The number of hydrogen-bond donors (Lipinski definition) is 1. The number of amides is 1. The number of carbonyl (C=O) groups excluding carboxylic acids is 2. The van der Waals surface area contributed by atoms with Gasteiger partial charge in [-0.1, -0.05) is 24.3 Å². The van der Waals surface area contributed by atoms with Gasteiger partial charge >= 0.3 is 5.97 Å². The van der Waals surface area contributed by atoms with Crippen LogP contribution in [0.25, 0.3) is 10.8 Å². The first-order valence-electron chi connectivity index (χ1n) is 9.46. The van der Waals surface area contributed by atoms with Crippen LogP contribution in [0.5, 0.6) is 5.75 Å². The lowest BCUT2D eigenvalue weighted by molar-refractivity contribution is -0.671. The van der Waals surface area contributed by atoms with E-state index in [0.29, 0.717) is 5.56 Å². The Bertz CT molecular complexity index is 1040. The molecule has 0 aliphatic rings. The Morgan fingerprint density at radius 3 is 2.67 bits per heavy atom. The molecule has 1 heterocycles. The van der Waals surface area contributed by atoms with Crippen molar-refractivity contribution >= 4 is 22.6 Å². The Balaban J connectivity index is 0.00000320. The second kappa shape index (κ2) is 10.9. The average molecular weight is 520 g/mol. The first kappa shape index (κ1) is 23.6. The monoisotopic (exact) mass is 520 g/mol. The molecule has 0 aliphatic heterocycles. The van der Waals surface area contributed by atoms with E-state index in [1.807, 2.05) is 56.6 Å². The van der Waals surface area contributed by atoms with Crippen LogP contribution in [-0.4, -0.2) is 32.1 Å². The molecule has 1 N–H and O–H groups in total. The molecule has 6 nitrogen and oxygen atoms in total. The van der Waals surface area contributed by atoms with Crippen LogP contribution >= 0.6 is 0 Å². The van der Waals surface area contributed by atoms with Gasteiger partial charge in [-0.3, -0.25) is 9.59 Å². The SMILES string of the molecule is COc1ccc2c(C(C)C(=O)OCCNC(=O)c3ccc[n+](C)c3)cccc2c1.[I-]. The first-order valence-corrected chi connectivity index (χ1v) is 9.46. The molecule has 0 radical (unpaired) electrons. The highest BCUT2D eigenvalue weighted by atomic mass is 127. The molecule has 1 amide bonds. The summed E-state index contributed by atoms with van der Waals surface area (Å²) in [5, 5.41) is 4.75. The second-order valence-electron chi connectivity index (χ2n) is 6.84. The molecule has 1 unspecified atom stereocenters.